The lowest BCUT2D eigenvalue weighted by Crippen LogP contribution is -2.17. The normalized spacial score (nSPS) is 15.8. The van der Waals surface area contributed by atoms with Gasteiger partial charge in [0.2, 0.25) is 0 Å². The van der Waals surface area contributed by atoms with Crippen molar-refractivity contribution in [3.63, 3.8) is 0 Å². The van der Waals surface area contributed by atoms with Crippen molar-refractivity contribution >= 4 is 17.3 Å². The van der Waals surface area contributed by atoms with Crippen LogP contribution >= 0.6 is 0 Å². The Morgan fingerprint density at radius 1 is 1.22 bits per heavy atom. The first kappa shape index (κ1) is 12.5. The molecule has 0 fully saturated rings. The fourth-order valence-corrected chi connectivity index (χ4v) is 2.12. The highest BCUT2D eigenvalue weighted by Crippen LogP contribution is 2.30. The van der Waals surface area contributed by atoms with E-state index in [-0.39, 0.29) is 11.6 Å². The highest BCUT2D eigenvalue weighted by atomic mass is 19.1. The molecule has 0 radical (unpaired) electrons. The summed E-state index contributed by atoms with van der Waals surface area (Å²) in [5, 5.41) is 0. The van der Waals surface area contributed by atoms with E-state index in [4.69, 9.17) is 4.74 Å². The third kappa shape index (κ3) is 2.32. The molecule has 0 heterocycles. The van der Waals surface area contributed by atoms with Gasteiger partial charge in [0, 0.05) is 17.6 Å². The van der Waals surface area contributed by atoms with Crippen molar-refractivity contribution in [1.82, 2.24) is 0 Å². The Kier molecular flexibility index (Phi) is 3.55. The summed E-state index contributed by atoms with van der Waals surface area (Å²) < 4.78 is 17.6. The second-order valence-corrected chi connectivity index (χ2v) is 4.13. The van der Waals surface area contributed by atoms with Crippen LogP contribution in [0, 0.1) is 5.82 Å². The van der Waals surface area contributed by atoms with E-state index < -0.39 is 5.97 Å². The molecule has 0 spiro atoms. The molecule has 0 amide bonds. The van der Waals surface area contributed by atoms with Crippen LogP contribution in [0.15, 0.2) is 29.8 Å². The molecule has 4 heteroatoms. The average molecular weight is 248 g/mol. The van der Waals surface area contributed by atoms with Gasteiger partial charge >= 0.3 is 5.97 Å². The molecule has 0 unspecified atom stereocenters. The monoisotopic (exact) mass is 248 g/mol. The van der Waals surface area contributed by atoms with Crippen LogP contribution in [0.25, 0.3) is 5.57 Å². The van der Waals surface area contributed by atoms with Gasteiger partial charge in [-0.2, -0.15) is 0 Å². The van der Waals surface area contributed by atoms with Crippen LogP contribution < -0.4 is 0 Å². The SMILES string of the molecule is COC(=O)C1=C(c2ccc(F)cc2)C(=O)CCC1. The lowest BCUT2D eigenvalue weighted by atomic mass is 9.86. The predicted molar refractivity (Wildman–Crippen MR) is 64.2 cm³/mol. The molecule has 0 N–H and O–H groups in total. The van der Waals surface area contributed by atoms with E-state index in [0.29, 0.717) is 36.0 Å². The van der Waals surface area contributed by atoms with Gasteiger partial charge in [-0.15, -0.1) is 0 Å². The first-order valence-corrected chi connectivity index (χ1v) is 5.74. The lowest BCUT2D eigenvalue weighted by Gasteiger charge is -2.17. The number of Topliss-reactive ketones (excluding diaryl/α,β-unsaturated/α-hetero) is 1. The molecule has 18 heavy (non-hydrogen) atoms. The number of esters is 1. The number of carbonyl (C=O) groups is 2. The third-order valence-corrected chi connectivity index (χ3v) is 2.98. The van der Waals surface area contributed by atoms with Crippen molar-refractivity contribution in [3.05, 3.63) is 41.2 Å². The van der Waals surface area contributed by atoms with E-state index in [1.165, 1.54) is 31.4 Å². The number of benzene rings is 1. The quantitative estimate of drug-likeness (QED) is 0.755. The summed E-state index contributed by atoms with van der Waals surface area (Å²) in [5.41, 5.74) is 1.33. The Morgan fingerprint density at radius 3 is 2.50 bits per heavy atom. The molecule has 0 saturated heterocycles. The van der Waals surface area contributed by atoms with Gasteiger partial charge in [-0.3, -0.25) is 4.79 Å². The molecule has 0 atom stereocenters. The number of carbonyl (C=O) groups excluding carboxylic acids is 2. The number of rotatable bonds is 2. The minimum atomic E-state index is -0.484. The second kappa shape index (κ2) is 5.12. The van der Waals surface area contributed by atoms with Crippen molar-refractivity contribution < 1.29 is 18.7 Å². The number of ketones is 1. The smallest absolute Gasteiger partial charge is 0.334 e. The van der Waals surface area contributed by atoms with Gasteiger partial charge in [0.25, 0.3) is 0 Å². The van der Waals surface area contributed by atoms with E-state index >= 15 is 0 Å². The Hall–Kier alpha value is -1.97. The molecule has 1 aliphatic carbocycles. The van der Waals surface area contributed by atoms with Crippen molar-refractivity contribution in [1.29, 1.82) is 0 Å². The molecule has 0 aromatic heterocycles. The van der Waals surface area contributed by atoms with Gasteiger partial charge in [0.05, 0.1) is 7.11 Å². The number of halogens is 1. The van der Waals surface area contributed by atoms with Gasteiger partial charge in [0.1, 0.15) is 5.82 Å². The Bertz CT molecular complexity index is 514. The molecule has 1 aromatic carbocycles. The van der Waals surface area contributed by atoms with E-state index in [1.54, 1.807) is 0 Å². The predicted octanol–water partition coefficient (Wildman–Crippen LogP) is 2.51. The van der Waals surface area contributed by atoms with E-state index in [9.17, 15) is 14.0 Å². The second-order valence-electron chi connectivity index (χ2n) is 4.13. The summed E-state index contributed by atoms with van der Waals surface area (Å²) in [6.07, 6.45) is 1.58. The fraction of sp³-hybridized carbons (Fsp3) is 0.286. The van der Waals surface area contributed by atoms with E-state index in [2.05, 4.69) is 0 Å². The Balaban J connectivity index is 2.53. The van der Waals surface area contributed by atoms with Gasteiger partial charge in [-0.05, 0) is 30.5 Å². The van der Waals surface area contributed by atoms with Crippen molar-refractivity contribution in [2.75, 3.05) is 7.11 Å². The minimum Gasteiger partial charge on any atom is -0.466 e. The van der Waals surface area contributed by atoms with Crippen molar-refractivity contribution in [2.45, 2.75) is 19.3 Å². The number of hydrogen-bond acceptors (Lipinski definition) is 3. The molecule has 3 nitrogen and oxygen atoms in total. The Labute approximate surface area is 104 Å². The molecule has 0 saturated carbocycles. The van der Waals surface area contributed by atoms with Gasteiger partial charge in [-0.1, -0.05) is 12.1 Å². The molecular formula is C14H13FO3. The number of ether oxygens (including phenoxy) is 1. The van der Waals surface area contributed by atoms with Crippen molar-refractivity contribution in [2.24, 2.45) is 0 Å². The minimum absolute atomic E-state index is 0.0896. The van der Waals surface area contributed by atoms with E-state index in [0.717, 1.165) is 0 Å². The van der Waals surface area contributed by atoms with Crippen LogP contribution in [0.4, 0.5) is 4.39 Å². The lowest BCUT2D eigenvalue weighted by molar-refractivity contribution is -0.136. The maximum atomic E-state index is 12.9. The van der Waals surface area contributed by atoms with Gasteiger partial charge in [0.15, 0.2) is 5.78 Å². The molecular weight excluding hydrogens is 235 g/mol. The number of methoxy groups -OCH3 is 1. The molecule has 94 valence electrons. The fourth-order valence-electron chi connectivity index (χ4n) is 2.12. The number of allylic oxidation sites excluding steroid dienone is 1. The first-order valence-electron chi connectivity index (χ1n) is 5.74. The standard InChI is InChI=1S/C14H13FO3/c1-18-14(17)11-3-2-4-12(16)13(11)9-5-7-10(15)8-6-9/h5-8H,2-4H2,1H3. The van der Waals surface area contributed by atoms with Crippen molar-refractivity contribution in [3.8, 4) is 0 Å². The van der Waals surface area contributed by atoms with Crippen LogP contribution in [0.1, 0.15) is 24.8 Å². The zero-order valence-electron chi connectivity index (χ0n) is 10.0. The maximum absolute atomic E-state index is 12.9. The van der Waals surface area contributed by atoms with Crippen LogP contribution in [-0.2, 0) is 14.3 Å². The first-order chi connectivity index (χ1) is 8.63. The van der Waals surface area contributed by atoms with E-state index in [1.807, 2.05) is 0 Å². The summed E-state index contributed by atoms with van der Waals surface area (Å²) in [6.45, 7) is 0. The van der Waals surface area contributed by atoms with Gasteiger partial charge in [-0.25, -0.2) is 9.18 Å². The molecule has 1 aromatic rings. The summed E-state index contributed by atoms with van der Waals surface area (Å²) in [5.74, 6) is -0.946. The van der Waals surface area contributed by atoms with Crippen LogP contribution in [-0.4, -0.2) is 18.9 Å². The maximum Gasteiger partial charge on any atom is 0.334 e. The molecule has 1 aliphatic rings. The summed E-state index contributed by atoms with van der Waals surface area (Å²) >= 11 is 0. The highest BCUT2D eigenvalue weighted by Gasteiger charge is 2.26. The highest BCUT2D eigenvalue weighted by molar-refractivity contribution is 6.26. The third-order valence-electron chi connectivity index (χ3n) is 2.98. The molecule has 0 aliphatic heterocycles. The summed E-state index contributed by atoms with van der Waals surface area (Å²) in [7, 11) is 1.29. The summed E-state index contributed by atoms with van der Waals surface area (Å²) in [6, 6.07) is 5.58. The summed E-state index contributed by atoms with van der Waals surface area (Å²) in [4.78, 5) is 23.6. The molecule has 0 bridgehead atoms. The average Bonchev–Trinajstić information content (AvgIpc) is 2.39. The molecule has 2 rings (SSSR count). The van der Waals surface area contributed by atoms with Gasteiger partial charge < -0.3 is 4.74 Å². The largest absolute Gasteiger partial charge is 0.466 e. The van der Waals surface area contributed by atoms with Crippen LogP contribution in [0.3, 0.4) is 0 Å². The number of hydrogen-bond donors (Lipinski definition) is 0. The van der Waals surface area contributed by atoms with Crippen LogP contribution in [0.5, 0.6) is 0 Å². The Morgan fingerprint density at radius 2 is 1.89 bits per heavy atom. The zero-order chi connectivity index (χ0) is 13.1. The van der Waals surface area contributed by atoms with Crippen LogP contribution in [0.2, 0.25) is 0 Å². The zero-order valence-corrected chi connectivity index (χ0v) is 10.0. The topological polar surface area (TPSA) is 43.4 Å².